The lowest BCUT2D eigenvalue weighted by atomic mass is 10.1. The molecule has 10 nitrogen and oxygen atoms in total. The van der Waals surface area contributed by atoms with Gasteiger partial charge in [0.15, 0.2) is 0 Å². The summed E-state index contributed by atoms with van der Waals surface area (Å²) in [4.78, 5) is 32.9. The van der Waals surface area contributed by atoms with E-state index in [1.54, 1.807) is 29.2 Å². The quantitative estimate of drug-likeness (QED) is 0.457. The number of alkyl halides is 3. The first-order valence-electron chi connectivity index (χ1n) is 12.7. The maximum Gasteiger partial charge on any atom is 0.423 e. The van der Waals surface area contributed by atoms with Crippen LogP contribution in [0.5, 0.6) is 0 Å². The van der Waals surface area contributed by atoms with E-state index in [-0.39, 0.29) is 18.9 Å². The van der Waals surface area contributed by atoms with Crippen LogP contribution in [0.4, 0.5) is 24.7 Å². The molecular formula is C27H26F3N7O3. The van der Waals surface area contributed by atoms with Crippen molar-refractivity contribution in [1.29, 1.82) is 5.26 Å². The van der Waals surface area contributed by atoms with Crippen LogP contribution in [0.15, 0.2) is 53.6 Å². The second-order valence-corrected chi connectivity index (χ2v) is 9.55. The fourth-order valence-corrected chi connectivity index (χ4v) is 5.12. The molecule has 1 saturated heterocycles. The largest absolute Gasteiger partial charge is 0.423 e. The van der Waals surface area contributed by atoms with E-state index < -0.39 is 35.1 Å². The normalized spacial score (nSPS) is 18.8. The van der Waals surface area contributed by atoms with Gasteiger partial charge in [-0.15, -0.1) is 0 Å². The molecule has 40 heavy (non-hydrogen) atoms. The molecule has 2 aromatic heterocycles. The van der Waals surface area contributed by atoms with Crippen LogP contribution in [0, 0.1) is 11.3 Å². The summed E-state index contributed by atoms with van der Waals surface area (Å²) in [7, 11) is 0. The Balaban J connectivity index is 1.19. The summed E-state index contributed by atoms with van der Waals surface area (Å²) in [5.41, 5.74) is -0.958. The number of aromatic nitrogens is 3. The van der Waals surface area contributed by atoms with Gasteiger partial charge < -0.3 is 19.9 Å². The third-order valence-corrected chi connectivity index (χ3v) is 7.11. The van der Waals surface area contributed by atoms with Crippen LogP contribution in [0.2, 0.25) is 0 Å². The zero-order valence-corrected chi connectivity index (χ0v) is 21.3. The fourth-order valence-electron chi connectivity index (χ4n) is 5.12. The Kier molecular flexibility index (Phi) is 7.70. The topological polar surface area (TPSA) is 127 Å². The van der Waals surface area contributed by atoms with Crippen molar-refractivity contribution in [2.75, 3.05) is 43.0 Å². The highest BCUT2D eigenvalue weighted by Gasteiger charge is 2.40. The molecule has 2 atom stereocenters. The molecule has 3 aromatic rings. The average Bonchev–Trinajstić information content (AvgIpc) is 3.29. The molecule has 1 amide bonds. The van der Waals surface area contributed by atoms with Crippen molar-refractivity contribution >= 4 is 17.4 Å². The van der Waals surface area contributed by atoms with Gasteiger partial charge in [-0.3, -0.25) is 9.59 Å². The molecule has 208 valence electrons. The predicted molar refractivity (Wildman–Crippen MR) is 138 cm³/mol. The number of nitrogens with zero attached hydrogens (tertiary/aromatic N) is 5. The van der Waals surface area contributed by atoms with E-state index in [0.717, 1.165) is 23.1 Å². The van der Waals surface area contributed by atoms with Crippen LogP contribution in [-0.2, 0) is 22.1 Å². The Morgan fingerprint density at radius 3 is 2.62 bits per heavy atom. The van der Waals surface area contributed by atoms with Crippen LogP contribution < -0.4 is 15.8 Å². The van der Waals surface area contributed by atoms with Gasteiger partial charge in [-0.1, -0.05) is 24.3 Å². The molecule has 1 fully saturated rings. The van der Waals surface area contributed by atoms with Crippen molar-refractivity contribution in [3.05, 3.63) is 81.4 Å². The molecule has 5 rings (SSSR count). The molecule has 1 aliphatic heterocycles. The smallest absolute Gasteiger partial charge is 0.375 e. The van der Waals surface area contributed by atoms with E-state index in [1.165, 1.54) is 6.20 Å². The van der Waals surface area contributed by atoms with Crippen LogP contribution in [0.1, 0.15) is 34.7 Å². The number of amides is 1. The monoisotopic (exact) mass is 553 g/mol. The number of fused-ring (bicyclic) bond motifs is 1. The maximum absolute atomic E-state index is 13.6. The molecule has 2 aliphatic rings. The second-order valence-electron chi connectivity index (χ2n) is 9.55. The first-order chi connectivity index (χ1) is 19.2. The lowest BCUT2D eigenvalue weighted by Gasteiger charge is -2.35. The highest BCUT2D eigenvalue weighted by Crippen LogP contribution is 2.39. The van der Waals surface area contributed by atoms with Gasteiger partial charge in [0.25, 0.3) is 5.56 Å². The first kappa shape index (κ1) is 27.1. The van der Waals surface area contributed by atoms with E-state index in [0.29, 0.717) is 38.2 Å². The van der Waals surface area contributed by atoms with E-state index in [4.69, 9.17) is 10.00 Å². The number of carbonyl (C=O) groups is 1. The first-order valence-corrected chi connectivity index (χ1v) is 12.7. The summed E-state index contributed by atoms with van der Waals surface area (Å²) in [5, 5.41) is 17.2. The summed E-state index contributed by atoms with van der Waals surface area (Å²) in [6, 6.07) is 12.2. The Morgan fingerprint density at radius 2 is 1.93 bits per heavy atom. The molecule has 3 heterocycles. The summed E-state index contributed by atoms with van der Waals surface area (Å²) < 4.78 is 46.9. The molecule has 2 N–H and O–H groups in total. The van der Waals surface area contributed by atoms with Gasteiger partial charge in [-0.25, -0.2) is 10.1 Å². The molecule has 1 aliphatic carbocycles. The van der Waals surface area contributed by atoms with Gasteiger partial charge >= 0.3 is 6.18 Å². The van der Waals surface area contributed by atoms with Crippen molar-refractivity contribution in [1.82, 2.24) is 20.1 Å². The van der Waals surface area contributed by atoms with Crippen molar-refractivity contribution in [2.24, 2.45) is 0 Å². The van der Waals surface area contributed by atoms with Gasteiger partial charge in [0.05, 0.1) is 42.6 Å². The van der Waals surface area contributed by atoms with E-state index in [2.05, 4.69) is 15.4 Å². The highest BCUT2D eigenvalue weighted by molar-refractivity contribution is 5.76. The van der Waals surface area contributed by atoms with Gasteiger partial charge in [0, 0.05) is 38.8 Å². The number of halogens is 3. The number of hydrogen-bond acceptors (Lipinski definition) is 8. The van der Waals surface area contributed by atoms with E-state index >= 15 is 0 Å². The minimum Gasteiger partial charge on any atom is -0.375 e. The SMILES string of the molecule is N#Cc1ccc(N2CCN(C(=O)CCO[C@H]3Cc4ccccc4C3Nc3cn[nH]c(=O)c3C(F)(F)F)CC2)nc1. The van der Waals surface area contributed by atoms with E-state index in [1.807, 2.05) is 28.2 Å². The van der Waals surface area contributed by atoms with Crippen LogP contribution >= 0.6 is 0 Å². The van der Waals surface area contributed by atoms with Gasteiger partial charge in [-0.05, 0) is 23.3 Å². The van der Waals surface area contributed by atoms with Crippen molar-refractivity contribution < 1.29 is 22.7 Å². The predicted octanol–water partition coefficient (Wildman–Crippen LogP) is 2.89. The minimum atomic E-state index is -4.88. The summed E-state index contributed by atoms with van der Waals surface area (Å²) in [6.07, 6.45) is -2.40. The minimum absolute atomic E-state index is 0.0781. The van der Waals surface area contributed by atoms with Crippen LogP contribution in [0.25, 0.3) is 0 Å². The standard InChI is InChI=1S/C27H26F3N7O3/c28-27(29,30)24-20(16-33-35-26(24)39)34-25-19-4-2-1-3-18(19)13-21(25)40-12-7-23(38)37-10-8-36(9-11-37)22-6-5-17(14-31)15-32-22/h1-6,15-16,21,25H,7-13H2,(H2,34,35,39)/t21-,25?/m0/s1. The molecule has 0 radical (unpaired) electrons. The third-order valence-electron chi connectivity index (χ3n) is 7.11. The van der Waals surface area contributed by atoms with Crippen molar-refractivity contribution in [2.45, 2.75) is 31.2 Å². The molecule has 1 unspecified atom stereocenters. The third kappa shape index (κ3) is 5.76. The maximum atomic E-state index is 13.6. The number of anilines is 2. The summed E-state index contributed by atoms with van der Waals surface area (Å²) in [6.45, 7) is 2.31. The highest BCUT2D eigenvalue weighted by atomic mass is 19.4. The summed E-state index contributed by atoms with van der Waals surface area (Å²) >= 11 is 0. The van der Waals surface area contributed by atoms with Gasteiger partial charge in [-0.2, -0.15) is 23.5 Å². The molecular weight excluding hydrogens is 527 g/mol. The van der Waals surface area contributed by atoms with Gasteiger partial charge in [0.2, 0.25) is 5.91 Å². The Labute approximate surface area is 227 Å². The number of pyridine rings is 1. The molecule has 0 bridgehead atoms. The Morgan fingerprint density at radius 1 is 1.15 bits per heavy atom. The average molecular weight is 554 g/mol. The zero-order valence-electron chi connectivity index (χ0n) is 21.3. The molecule has 0 spiro atoms. The van der Waals surface area contributed by atoms with Crippen molar-refractivity contribution in [3.63, 3.8) is 0 Å². The number of aromatic amines is 1. The summed E-state index contributed by atoms with van der Waals surface area (Å²) in [5.74, 6) is 0.670. The zero-order chi connectivity index (χ0) is 28.3. The number of nitrogens with one attached hydrogen (secondary N) is 2. The molecule has 13 heteroatoms. The fraction of sp³-hybridized carbons (Fsp3) is 0.370. The number of rotatable bonds is 7. The lowest BCUT2D eigenvalue weighted by molar-refractivity contribution is -0.138. The molecule has 1 aromatic carbocycles. The number of hydrogen-bond donors (Lipinski definition) is 2. The van der Waals surface area contributed by atoms with E-state index in [9.17, 15) is 22.8 Å². The van der Waals surface area contributed by atoms with Crippen LogP contribution in [-0.4, -0.2) is 64.9 Å². The Hall–Kier alpha value is -4.44. The lowest BCUT2D eigenvalue weighted by Crippen LogP contribution is -2.49. The number of ether oxygens (including phenoxy) is 1. The van der Waals surface area contributed by atoms with Crippen molar-refractivity contribution in [3.8, 4) is 6.07 Å². The number of piperazine rings is 1. The van der Waals surface area contributed by atoms with Crippen LogP contribution in [0.3, 0.4) is 0 Å². The second kappa shape index (κ2) is 11.4. The number of carbonyl (C=O) groups excluding carboxylic acids is 1. The van der Waals surface area contributed by atoms with Gasteiger partial charge in [0.1, 0.15) is 17.5 Å². The number of H-pyrrole nitrogens is 1. The number of benzene rings is 1. The number of nitriles is 1. The molecule has 0 saturated carbocycles. The Bertz CT molecular complexity index is 1460.